The Morgan fingerprint density at radius 3 is 1.56 bits per heavy atom. The van der Waals surface area contributed by atoms with Gasteiger partial charge in [0, 0.05) is 0 Å². The minimum Gasteiger partial charge on any atom is -0.474 e. The molecule has 0 amide bonds. The van der Waals surface area contributed by atoms with E-state index in [-0.39, 0.29) is 0 Å². The third kappa shape index (κ3) is 448. The molecule has 0 aromatic rings. The van der Waals surface area contributed by atoms with Crippen LogP contribution in [-0.4, -0.2) is 16.4 Å². The van der Waals surface area contributed by atoms with Crippen molar-refractivity contribution in [1.82, 2.24) is 0 Å². The van der Waals surface area contributed by atoms with Gasteiger partial charge in [-0.3, -0.25) is 0 Å². The summed E-state index contributed by atoms with van der Waals surface area (Å²) in [5, 5.41) is 13.9. The van der Waals surface area contributed by atoms with E-state index in [9.17, 15) is 0 Å². The summed E-state index contributed by atoms with van der Waals surface area (Å²) in [7, 11) is 0. The van der Waals surface area contributed by atoms with Crippen molar-refractivity contribution in [1.29, 1.82) is 0 Å². The Bertz CT molecular complexity index is 87.1. The lowest BCUT2D eigenvalue weighted by molar-refractivity contribution is 0.137. The maximum atomic E-state index is 8.56. The van der Waals surface area contributed by atoms with Crippen LogP contribution in [0.3, 0.4) is 0 Å². The van der Waals surface area contributed by atoms with Crippen LogP contribution in [0.4, 0.5) is 4.79 Å². The van der Waals surface area contributed by atoms with Crippen LogP contribution in [0, 0.1) is 0 Å². The van der Waals surface area contributed by atoms with Gasteiger partial charge in [0.05, 0.1) is 12.5 Å². The van der Waals surface area contributed by atoms with Crippen molar-refractivity contribution in [2.45, 2.75) is 0 Å². The van der Waals surface area contributed by atoms with Gasteiger partial charge in [-0.15, -0.1) is 0 Å². The van der Waals surface area contributed by atoms with Gasteiger partial charge < -0.3 is 14.9 Å². The predicted octanol–water partition coefficient (Wildman–Crippen LogP) is 1.51. The third-order valence-electron chi connectivity index (χ3n) is 0.192. The molecule has 0 spiro atoms. The summed E-state index contributed by atoms with van der Waals surface area (Å²) in [5.41, 5.74) is 0. The molecule has 52 valence electrons. The topological polar surface area (TPSA) is 66.8 Å². The first-order chi connectivity index (χ1) is 4.15. The highest BCUT2D eigenvalue weighted by Gasteiger charge is 1.70. The second kappa shape index (κ2) is 9.75. The van der Waals surface area contributed by atoms with Crippen LogP contribution in [-0.2, 0) is 4.74 Å². The molecule has 0 saturated heterocycles. The van der Waals surface area contributed by atoms with Crippen LogP contribution in [0.5, 0.6) is 0 Å². The molecule has 9 heavy (non-hydrogen) atoms. The highest BCUT2D eigenvalue weighted by atomic mass is 16.6. The van der Waals surface area contributed by atoms with Crippen LogP contribution < -0.4 is 0 Å². The van der Waals surface area contributed by atoms with Crippen molar-refractivity contribution in [3.05, 3.63) is 25.7 Å². The van der Waals surface area contributed by atoms with Crippen molar-refractivity contribution >= 4 is 6.16 Å². The Labute approximate surface area is 52.7 Å². The van der Waals surface area contributed by atoms with E-state index in [4.69, 9.17) is 15.0 Å². The van der Waals surface area contributed by atoms with Crippen LogP contribution >= 0.6 is 0 Å². The molecule has 0 rings (SSSR count). The van der Waals surface area contributed by atoms with Crippen LogP contribution in [0.25, 0.3) is 0 Å². The molecule has 0 aromatic heterocycles. The average Bonchev–Trinajstić information content (AvgIpc) is 1.66. The fraction of sp³-hybridized carbons (Fsp3) is 0. The maximum absolute atomic E-state index is 8.56. The number of ether oxygens (including phenoxy) is 1. The van der Waals surface area contributed by atoms with Gasteiger partial charge in [0.25, 0.3) is 0 Å². The monoisotopic (exact) mass is 132 g/mol. The number of rotatable bonds is 2. The summed E-state index contributed by atoms with van der Waals surface area (Å²) in [6.07, 6.45) is 0.792. The summed E-state index contributed by atoms with van der Waals surface area (Å²) in [4.78, 5) is 8.56. The standard InChI is InChI=1S/C4H6O.CH2O3/c1-3-5-4-2;2-1(3)4/h3-4H,1-2H2;(H2,2,3,4). The fourth-order valence-electron chi connectivity index (χ4n) is 0.0680. The zero-order valence-electron chi connectivity index (χ0n) is 4.78. The second-order valence-electron chi connectivity index (χ2n) is 0.752. The average molecular weight is 132 g/mol. The van der Waals surface area contributed by atoms with Crippen molar-refractivity contribution in [2.24, 2.45) is 0 Å². The molecule has 0 bridgehead atoms. The Hall–Kier alpha value is -1.45. The summed E-state index contributed by atoms with van der Waals surface area (Å²) in [6, 6.07) is 0. The summed E-state index contributed by atoms with van der Waals surface area (Å²) in [5.74, 6) is 0. The van der Waals surface area contributed by atoms with Crippen LogP contribution in [0.15, 0.2) is 25.7 Å². The molecular formula is C5H8O4. The summed E-state index contributed by atoms with van der Waals surface area (Å²) >= 11 is 0. The van der Waals surface area contributed by atoms with Crippen molar-refractivity contribution in [2.75, 3.05) is 0 Å². The van der Waals surface area contributed by atoms with Gasteiger partial charge in [0.2, 0.25) is 0 Å². The molecule has 0 aliphatic heterocycles. The lowest BCUT2D eigenvalue weighted by atomic mass is 11.1. The molecular weight excluding hydrogens is 124 g/mol. The number of carbonyl (C=O) groups is 1. The van der Waals surface area contributed by atoms with E-state index in [2.05, 4.69) is 17.9 Å². The second-order valence-corrected chi connectivity index (χ2v) is 0.752. The molecule has 4 nitrogen and oxygen atoms in total. The van der Waals surface area contributed by atoms with Gasteiger partial charge in [-0.1, -0.05) is 13.2 Å². The zero-order valence-corrected chi connectivity index (χ0v) is 4.78. The van der Waals surface area contributed by atoms with E-state index in [0.717, 1.165) is 0 Å². The Morgan fingerprint density at radius 2 is 1.56 bits per heavy atom. The van der Waals surface area contributed by atoms with E-state index < -0.39 is 6.16 Å². The molecule has 0 aliphatic rings. The van der Waals surface area contributed by atoms with Crippen molar-refractivity contribution in [3.63, 3.8) is 0 Å². The molecule has 2 N–H and O–H groups in total. The van der Waals surface area contributed by atoms with Crippen molar-refractivity contribution < 1.29 is 19.7 Å². The zero-order chi connectivity index (χ0) is 7.70. The Kier molecular flexibility index (Phi) is 11.4. The largest absolute Gasteiger partial charge is 0.503 e. The quantitative estimate of drug-likeness (QED) is 0.559. The van der Waals surface area contributed by atoms with E-state index >= 15 is 0 Å². The van der Waals surface area contributed by atoms with E-state index in [1.807, 2.05) is 0 Å². The molecule has 0 heterocycles. The highest BCUT2D eigenvalue weighted by molar-refractivity contribution is 5.53. The number of hydrogen-bond acceptors (Lipinski definition) is 2. The molecule has 0 atom stereocenters. The normalized spacial score (nSPS) is 5.78. The van der Waals surface area contributed by atoms with Crippen LogP contribution in [0.2, 0.25) is 0 Å². The van der Waals surface area contributed by atoms with E-state index in [1.54, 1.807) is 0 Å². The van der Waals surface area contributed by atoms with Gasteiger partial charge in [-0.05, 0) is 0 Å². The first-order valence-electron chi connectivity index (χ1n) is 1.94. The predicted molar refractivity (Wildman–Crippen MR) is 32.1 cm³/mol. The van der Waals surface area contributed by atoms with E-state index in [1.165, 1.54) is 12.5 Å². The maximum Gasteiger partial charge on any atom is 0.503 e. The molecule has 0 unspecified atom stereocenters. The molecule has 4 heteroatoms. The van der Waals surface area contributed by atoms with Gasteiger partial charge >= 0.3 is 6.16 Å². The fourth-order valence-corrected chi connectivity index (χ4v) is 0.0680. The minimum absolute atomic E-state index is 1.31. The number of hydrogen-bond donors (Lipinski definition) is 2. The highest BCUT2D eigenvalue weighted by Crippen LogP contribution is 1.65. The summed E-state index contributed by atoms with van der Waals surface area (Å²) in [6.45, 7) is 6.51. The SMILES string of the molecule is C=COC=C.O=C(O)O. The lowest BCUT2D eigenvalue weighted by Crippen LogP contribution is -1.81. The number of carboxylic acid groups (broad SMARTS) is 2. The molecule has 0 aliphatic carbocycles. The Balaban J connectivity index is 0. The molecule has 0 saturated carbocycles. The van der Waals surface area contributed by atoms with E-state index in [0.29, 0.717) is 0 Å². The van der Waals surface area contributed by atoms with Gasteiger partial charge in [-0.2, -0.15) is 0 Å². The summed E-state index contributed by atoms with van der Waals surface area (Å²) < 4.78 is 4.36. The molecule has 0 fully saturated rings. The Morgan fingerprint density at radius 1 is 1.33 bits per heavy atom. The molecule has 0 radical (unpaired) electrons. The molecule has 0 aromatic carbocycles. The first-order valence-corrected chi connectivity index (χ1v) is 1.94. The van der Waals surface area contributed by atoms with Gasteiger partial charge in [0.15, 0.2) is 0 Å². The smallest absolute Gasteiger partial charge is 0.474 e. The van der Waals surface area contributed by atoms with Crippen molar-refractivity contribution in [3.8, 4) is 0 Å². The van der Waals surface area contributed by atoms with Crippen LogP contribution in [0.1, 0.15) is 0 Å². The lowest BCUT2D eigenvalue weighted by Gasteiger charge is -1.76. The third-order valence-corrected chi connectivity index (χ3v) is 0.192. The van der Waals surface area contributed by atoms with Gasteiger partial charge in [-0.25, -0.2) is 4.79 Å². The minimum atomic E-state index is -1.83. The first kappa shape index (κ1) is 10.5. The van der Waals surface area contributed by atoms with Gasteiger partial charge in [0.1, 0.15) is 0 Å².